The van der Waals surface area contributed by atoms with Crippen molar-refractivity contribution in [1.82, 2.24) is 5.48 Å². The average molecular weight is 281 g/mol. The van der Waals surface area contributed by atoms with Crippen molar-refractivity contribution < 1.29 is 14.1 Å². The predicted molar refractivity (Wildman–Crippen MR) is 78.0 cm³/mol. The molecule has 0 bridgehead atoms. The number of benzene rings is 1. The molecule has 0 aliphatic rings. The van der Waals surface area contributed by atoms with Crippen LogP contribution in [-0.4, -0.2) is 14.4 Å². The maximum absolute atomic E-state index is 11.6. The van der Waals surface area contributed by atoms with Gasteiger partial charge in [0.2, 0.25) is 8.32 Å². The van der Waals surface area contributed by atoms with Crippen molar-refractivity contribution in [2.75, 3.05) is 0 Å². The molecule has 0 saturated heterocycles. The zero-order valence-corrected chi connectivity index (χ0v) is 13.3. The van der Waals surface area contributed by atoms with E-state index in [0.717, 1.165) is 5.56 Å². The molecule has 19 heavy (non-hydrogen) atoms. The number of hydrogen-bond donors (Lipinski definition) is 1. The Morgan fingerprint density at radius 3 is 2.32 bits per heavy atom. The van der Waals surface area contributed by atoms with E-state index in [1.807, 2.05) is 30.3 Å². The summed E-state index contributed by atoms with van der Waals surface area (Å²) in [4.78, 5) is 11.6. The maximum Gasteiger partial charge on any atom is 0.430 e. The van der Waals surface area contributed by atoms with Crippen LogP contribution in [-0.2, 0) is 15.9 Å². The first kappa shape index (κ1) is 15.7. The van der Waals surface area contributed by atoms with Gasteiger partial charge in [-0.3, -0.25) is 0 Å². The largest absolute Gasteiger partial charge is 0.443 e. The van der Waals surface area contributed by atoms with Crippen LogP contribution in [0.1, 0.15) is 26.3 Å². The molecular weight excluding hydrogens is 258 g/mol. The van der Waals surface area contributed by atoms with Gasteiger partial charge in [0.25, 0.3) is 0 Å². The lowest BCUT2D eigenvalue weighted by molar-refractivity contribution is 0.0885. The summed E-state index contributed by atoms with van der Waals surface area (Å²) in [5, 5.41) is 0.0414. The molecular formula is C14H23NO3Si. The van der Waals surface area contributed by atoms with Crippen molar-refractivity contribution >= 4 is 14.4 Å². The normalized spacial score (nSPS) is 12.1. The molecule has 1 aromatic carbocycles. The summed E-state index contributed by atoms with van der Waals surface area (Å²) in [5.74, 6) is 0. The Bertz CT molecular complexity index is 412. The van der Waals surface area contributed by atoms with E-state index in [-0.39, 0.29) is 11.6 Å². The van der Waals surface area contributed by atoms with Crippen LogP contribution in [0.3, 0.4) is 0 Å². The van der Waals surface area contributed by atoms with Crippen molar-refractivity contribution in [3.8, 4) is 0 Å². The fourth-order valence-corrected chi connectivity index (χ4v) is 1.72. The first-order chi connectivity index (χ1) is 8.72. The number of ether oxygens (including phenoxy) is 1. The lowest BCUT2D eigenvalue weighted by atomic mass is 10.2. The number of rotatable bonds is 4. The first-order valence-electron chi connectivity index (χ1n) is 6.37. The predicted octanol–water partition coefficient (Wildman–Crippen LogP) is 3.85. The molecule has 0 aliphatic heterocycles. The van der Waals surface area contributed by atoms with Crippen LogP contribution in [0.2, 0.25) is 18.1 Å². The minimum Gasteiger partial charge on any atom is -0.443 e. The standard InChI is InChI=1S/C14H23NO3Si/c1-14(2,3)19(4,5)18-15-13(16)17-11-12-9-7-6-8-10-12/h6-10H,11H2,1-5H3,(H,15,16). The molecule has 4 nitrogen and oxygen atoms in total. The Hall–Kier alpha value is -1.33. The Kier molecular flexibility index (Phi) is 5.14. The summed E-state index contributed by atoms with van der Waals surface area (Å²) in [7, 11) is -1.99. The van der Waals surface area contributed by atoms with Crippen molar-refractivity contribution in [3.05, 3.63) is 35.9 Å². The van der Waals surface area contributed by atoms with Gasteiger partial charge in [-0.25, -0.2) is 10.3 Å². The molecule has 1 amide bonds. The number of carbonyl (C=O) groups excluding carboxylic acids is 1. The van der Waals surface area contributed by atoms with Gasteiger partial charge < -0.3 is 9.26 Å². The second-order valence-corrected chi connectivity index (χ2v) is 10.8. The highest BCUT2D eigenvalue weighted by Gasteiger charge is 2.38. The lowest BCUT2D eigenvalue weighted by Gasteiger charge is -2.34. The van der Waals surface area contributed by atoms with Gasteiger partial charge in [0.1, 0.15) is 6.61 Å². The minimum absolute atomic E-state index is 0.0414. The third-order valence-corrected chi connectivity index (χ3v) is 7.63. The number of hydrogen-bond acceptors (Lipinski definition) is 3. The zero-order chi connectivity index (χ0) is 14.5. The lowest BCUT2D eigenvalue weighted by Crippen LogP contribution is -2.46. The van der Waals surface area contributed by atoms with E-state index in [1.54, 1.807) is 0 Å². The molecule has 0 aromatic heterocycles. The van der Waals surface area contributed by atoms with Crippen LogP contribution in [0.25, 0.3) is 0 Å². The Balaban J connectivity index is 2.37. The van der Waals surface area contributed by atoms with E-state index in [2.05, 4.69) is 39.3 Å². The quantitative estimate of drug-likeness (QED) is 0.673. The molecule has 0 fully saturated rings. The Morgan fingerprint density at radius 1 is 1.21 bits per heavy atom. The summed E-state index contributed by atoms with van der Waals surface area (Å²) in [6.45, 7) is 10.7. The molecule has 106 valence electrons. The molecule has 0 saturated carbocycles. The van der Waals surface area contributed by atoms with E-state index >= 15 is 0 Å². The van der Waals surface area contributed by atoms with E-state index in [1.165, 1.54) is 0 Å². The zero-order valence-electron chi connectivity index (χ0n) is 12.3. The van der Waals surface area contributed by atoms with Gasteiger partial charge in [-0.15, -0.1) is 0 Å². The summed E-state index contributed by atoms with van der Waals surface area (Å²) < 4.78 is 10.6. The highest BCUT2D eigenvalue weighted by molar-refractivity contribution is 6.74. The molecule has 1 N–H and O–H groups in total. The highest BCUT2D eigenvalue weighted by atomic mass is 28.4. The van der Waals surface area contributed by atoms with Gasteiger partial charge in [0.15, 0.2) is 0 Å². The topological polar surface area (TPSA) is 47.6 Å². The molecule has 0 atom stereocenters. The van der Waals surface area contributed by atoms with E-state index < -0.39 is 14.4 Å². The van der Waals surface area contributed by atoms with Gasteiger partial charge in [0, 0.05) is 0 Å². The summed E-state index contributed by atoms with van der Waals surface area (Å²) in [6, 6.07) is 9.54. The Morgan fingerprint density at radius 2 is 1.79 bits per heavy atom. The number of nitrogens with one attached hydrogen (secondary N) is 1. The van der Waals surface area contributed by atoms with Gasteiger partial charge in [-0.05, 0) is 23.7 Å². The third-order valence-electron chi connectivity index (χ3n) is 3.41. The van der Waals surface area contributed by atoms with E-state index in [4.69, 9.17) is 9.26 Å². The molecule has 0 spiro atoms. The van der Waals surface area contributed by atoms with Crippen molar-refractivity contribution in [1.29, 1.82) is 0 Å². The number of hydroxylamine groups is 1. The molecule has 5 heteroatoms. The SMILES string of the molecule is CC(C)(C)[Si](C)(C)ONC(=O)OCc1ccccc1. The molecule has 0 heterocycles. The van der Waals surface area contributed by atoms with Crippen LogP contribution in [0.4, 0.5) is 4.79 Å². The molecule has 1 aromatic rings. The summed E-state index contributed by atoms with van der Waals surface area (Å²) in [6.07, 6.45) is -0.548. The van der Waals surface area contributed by atoms with Crippen molar-refractivity contribution in [2.24, 2.45) is 0 Å². The minimum atomic E-state index is -1.99. The van der Waals surface area contributed by atoms with Gasteiger partial charge in [0.05, 0.1) is 0 Å². The van der Waals surface area contributed by atoms with Gasteiger partial charge in [-0.2, -0.15) is 0 Å². The average Bonchev–Trinajstić information content (AvgIpc) is 2.34. The van der Waals surface area contributed by atoms with Crippen LogP contribution in [0.15, 0.2) is 30.3 Å². The Labute approximate surface area is 116 Å². The fraction of sp³-hybridized carbons (Fsp3) is 0.500. The van der Waals surface area contributed by atoms with Crippen LogP contribution >= 0.6 is 0 Å². The van der Waals surface area contributed by atoms with Crippen LogP contribution in [0.5, 0.6) is 0 Å². The van der Waals surface area contributed by atoms with Gasteiger partial charge >= 0.3 is 6.09 Å². The van der Waals surface area contributed by atoms with Gasteiger partial charge in [-0.1, -0.05) is 51.1 Å². The summed E-state index contributed by atoms with van der Waals surface area (Å²) in [5.41, 5.74) is 3.35. The highest BCUT2D eigenvalue weighted by Crippen LogP contribution is 2.35. The van der Waals surface area contributed by atoms with Crippen molar-refractivity contribution in [2.45, 2.75) is 45.5 Å². The maximum atomic E-state index is 11.6. The smallest absolute Gasteiger partial charge is 0.430 e. The molecule has 0 unspecified atom stereocenters. The van der Waals surface area contributed by atoms with Crippen molar-refractivity contribution in [3.63, 3.8) is 0 Å². The number of amides is 1. The molecule has 0 aliphatic carbocycles. The molecule has 0 radical (unpaired) electrons. The van der Waals surface area contributed by atoms with Crippen LogP contribution in [0, 0.1) is 0 Å². The molecule has 1 rings (SSSR count). The van der Waals surface area contributed by atoms with E-state index in [9.17, 15) is 4.79 Å². The van der Waals surface area contributed by atoms with E-state index in [0.29, 0.717) is 0 Å². The second-order valence-electron chi connectivity index (χ2n) is 6.03. The second kappa shape index (κ2) is 6.21. The third kappa shape index (κ3) is 5.04. The summed E-state index contributed by atoms with van der Waals surface area (Å²) >= 11 is 0. The monoisotopic (exact) mass is 281 g/mol. The fourth-order valence-electron chi connectivity index (χ4n) is 1.07. The number of carbonyl (C=O) groups is 1. The first-order valence-corrected chi connectivity index (χ1v) is 9.28. The van der Waals surface area contributed by atoms with Crippen LogP contribution < -0.4 is 5.48 Å².